The fourth-order valence-electron chi connectivity index (χ4n) is 2.10. The van der Waals surface area contributed by atoms with E-state index in [1.165, 1.54) is 25.4 Å². The van der Waals surface area contributed by atoms with E-state index >= 15 is 0 Å². The van der Waals surface area contributed by atoms with Crippen LogP contribution in [0.3, 0.4) is 0 Å². The molecule has 0 aliphatic carbocycles. The van der Waals surface area contributed by atoms with Gasteiger partial charge in [0, 0.05) is 23.0 Å². The summed E-state index contributed by atoms with van der Waals surface area (Å²) in [6.45, 7) is 3.80. The zero-order chi connectivity index (χ0) is 15.6. The molecule has 2 aromatic rings. The van der Waals surface area contributed by atoms with Crippen molar-refractivity contribution in [2.75, 3.05) is 7.11 Å². The third-order valence-corrected chi connectivity index (χ3v) is 3.49. The van der Waals surface area contributed by atoms with Crippen LogP contribution < -0.4 is 4.74 Å². The quantitative estimate of drug-likeness (QED) is 0.791. The van der Waals surface area contributed by atoms with Crippen LogP contribution >= 0.6 is 11.6 Å². The number of rotatable bonds is 5. The molecular formula is C15H16ClFN2O2. The van der Waals surface area contributed by atoms with Crippen LogP contribution in [0.1, 0.15) is 35.9 Å². The second-order valence-electron chi connectivity index (χ2n) is 4.90. The number of carbonyl (C=O) groups excluding carboxylic acids is 1. The smallest absolute Gasteiger partial charge is 0.189 e. The lowest BCUT2D eigenvalue weighted by molar-refractivity contribution is 0.0976. The monoisotopic (exact) mass is 310 g/mol. The van der Waals surface area contributed by atoms with Gasteiger partial charge in [0.2, 0.25) is 0 Å². The summed E-state index contributed by atoms with van der Waals surface area (Å²) in [6, 6.07) is 4.34. The molecule has 0 radical (unpaired) electrons. The lowest BCUT2D eigenvalue weighted by Crippen LogP contribution is -2.16. The Kier molecular flexibility index (Phi) is 4.63. The number of ether oxygens (including phenoxy) is 1. The number of hydrogen-bond acceptors (Lipinski definition) is 3. The molecule has 0 saturated heterocycles. The van der Waals surface area contributed by atoms with Crippen LogP contribution in [0, 0.1) is 5.82 Å². The van der Waals surface area contributed by atoms with Gasteiger partial charge in [0.15, 0.2) is 11.5 Å². The molecule has 2 rings (SSSR count). The number of aromatic nitrogens is 2. The van der Waals surface area contributed by atoms with Gasteiger partial charge in [-0.25, -0.2) is 4.39 Å². The highest BCUT2D eigenvalue weighted by atomic mass is 35.5. The Morgan fingerprint density at radius 2 is 2.19 bits per heavy atom. The third kappa shape index (κ3) is 3.08. The second-order valence-corrected chi connectivity index (χ2v) is 5.31. The summed E-state index contributed by atoms with van der Waals surface area (Å²) in [5.41, 5.74) is 0.509. The number of ketones is 1. The average molecular weight is 311 g/mol. The van der Waals surface area contributed by atoms with E-state index in [0.29, 0.717) is 11.4 Å². The van der Waals surface area contributed by atoms with Gasteiger partial charge < -0.3 is 4.74 Å². The fourth-order valence-corrected chi connectivity index (χ4v) is 2.33. The SMILES string of the molecule is COc1cnn(C(C)C)c1C(=O)Cc1c(F)cccc1Cl. The van der Waals surface area contributed by atoms with Gasteiger partial charge in [-0.2, -0.15) is 5.10 Å². The highest BCUT2D eigenvalue weighted by Crippen LogP contribution is 2.25. The van der Waals surface area contributed by atoms with Gasteiger partial charge in [-0.05, 0) is 26.0 Å². The number of benzene rings is 1. The Morgan fingerprint density at radius 3 is 2.76 bits per heavy atom. The Bertz CT molecular complexity index is 647. The molecule has 0 unspecified atom stereocenters. The first-order valence-electron chi connectivity index (χ1n) is 6.53. The molecule has 0 fully saturated rings. The molecule has 6 heteroatoms. The molecule has 0 atom stereocenters. The van der Waals surface area contributed by atoms with Crippen LogP contribution in [0.2, 0.25) is 5.02 Å². The van der Waals surface area contributed by atoms with Crippen molar-refractivity contribution in [2.24, 2.45) is 0 Å². The minimum absolute atomic E-state index is 0.0102. The van der Waals surface area contributed by atoms with Crippen LogP contribution in [0.25, 0.3) is 0 Å². The zero-order valence-electron chi connectivity index (χ0n) is 12.1. The average Bonchev–Trinajstić information content (AvgIpc) is 2.87. The Labute approximate surface area is 127 Å². The lowest BCUT2D eigenvalue weighted by atomic mass is 10.1. The molecule has 0 saturated carbocycles. The zero-order valence-corrected chi connectivity index (χ0v) is 12.8. The number of hydrogen-bond donors (Lipinski definition) is 0. The van der Waals surface area contributed by atoms with Gasteiger partial charge in [-0.15, -0.1) is 0 Å². The standard InChI is InChI=1S/C15H16ClFN2O2/c1-9(2)19-15(14(21-3)8-18-19)13(20)7-10-11(16)5-4-6-12(10)17/h4-6,8-9H,7H2,1-3H3. The molecule has 112 valence electrons. The van der Waals surface area contributed by atoms with Crippen molar-refractivity contribution < 1.29 is 13.9 Å². The van der Waals surface area contributed by atoms with Gasteiger partial charge in [0.05, 0.1) is 13.3 Å². The second kappa shape index (κ2) is 6.26. The van der Waals surface area contributed by atoms with Crippen molar-refractivity contribution in [3.05, 3.63) is 46.5 Å². The number of methoxy groups -OCH3 is 1. The molecule has 1 heterocycles. The molecule has 4 nitrogen and oxygen atoms in total. The Balaban J connectivity index is 2.39. The van der Waals surface area contributed by atoms with Gasteiger partial charge in [-0.1, -0.05) is 17.7 Å². The summed E-state index contributed by atoms with van der Waals surface area (Å²) in [6.07, 6.45) is 1.34. The predicted molar refractivity (Wildman–Crippen MR) is 78.6 cm³/mol. The Hall–Kier alpha value is -1.88. The van der Waals surface area contributed by atoms with Gasteiger partial charge in [0.25, 0.3) is 0 Å². The van der Waals surface area contributed by atoms with E-state index in [9.17, 15) is 9.18 Å². The summed E-state index contributed by atoms with van der Waals surface area (Å²) in [5, 5.41) is 4.37. The van der Waals surface area contributed by atoms with E-state index in [2.05, 4.69) is 5.10 Å². The third-order valence-electron chi connectivity index (χ3n) is 3.13. The van der Waals surface area contributed by atoms with Crippen LogP contribution in [0.15, 0.2) is 24.4 Å². The Morgan fingerprint density at radius 1 is 1.48 bits per heavy atom. The molecule has 0 spiro atoms. The van der Waals surface area contributed by atoms with Gasteiger partial charge in [0.1, 0.15) is 11.5 Å². The molecule has 1 aromatic heterocycles. The summed E-state index contributed by atoms with van der Waals surface area (Å²) < 4.78 is 20.5. The van der Waals surface area contributed by atoms with E-state index in [4.69, 9.17) is 16.3 Å². The molecule has 21 heavy (non-hydrogen) atoms. The molecular weight excluding hydrogens is 295 g/mol. The maximum absolute atomic E-state index is 13.8. The number of halogens is 2. The first kappa shape index (κ1) is 15.5. The summed E-state index contributed by atoms with van der Waals surface area (Å²) in [4.78, 5) is 12.5. The topological polar surface area (TPSA) is 44.1 Å². The summed E-state index contributed by atoms with van der Waals surface area (Å²) in [5.74, 6) is -0.406. The van der Waals surface area contributed by atoms with Crippen molar-refractivity contribution in [2.45, 2.75) is 26.3 Å². The van der Waals surface area contributed by atoms with E-state index in [-0.39, 0.29) is 28.8 Å². The molecule has 0 aliphatic rings. The molecule has 0 aliphatic heterocycles. The minimum atomic E-state index is -0.495. The van der Waals surface area contributed by atoms with Crippen LogP contribution in [0.4, 0.5) is 4.39 Å². The van der Waals surface area contributed by atoms with E-state index in [1.807, 2.05) is 13.8 Å². The number of Topliss-reactive ketones (excluding diaryl/α,β-unsaturated/α-hetero) is 1. The van der Waals surface area contributed by atoms with Crippen molar-refractivity contribution in [1.82, 2.24) is 9.78 Å². The van der Waals surface area contributed by atoms with Crippen molar-refractivity contribution in [3.63, 3.8) is 0 Å². The first-order chi connectivity index (χ1) is 9.95. The molecule has 0 amide bonds. The van der Waals surface area contributed by atoms with Crippen LogP contribution in [-0.4, -0.2) is 22.7 Å². The van der Waals surface area contributed by atoms with Crippen molar-refractivity contribution in [1.29, 1.82) is 0 Å². The van der Waals surface area contributed by atoms with E-state index < -0.39 is 5.82 Å². The largest absolute Gasteiger partial charge is 0.493 e. The predicted octanol–water partition coefficient (Wildman–Crippen LogP) is 3.69. The highest BCUT2D eigenvalue weighted by molar-refractivity contribution is 6.31. The highest BCUT2D eigenvalue weighted by Gasteiger charge is 2.23. The van der Waals surface area contributed by atoms with Gasteiger partial charge >= 0.3 is 0 Å². The molecule has 0 bridgehead atoms. The summed E-state index contributed by atoms with van der Waals surface area (Å²) >= 11 is 5.97. The van der Waals surface area contributed by atoms with Crippen molar-refractivity contribution in [3.8, 4) is 5.75 Å². The lowest BCUT2D eigenvalue weighted by Gasteiger charge is -2.12. The van der Waals surface area contributed by atoms with Crippen LogP contribution in [-0.2, 0) is 6.42 Å². The van der Waals surface area contributed by atoms with E-state index in [1.54, 1.807) is 10.7 Å². The summed E-state index contributed by atoms with van der Waals surface area (Å²) in [7, 11) is 1.47. The van der Waals surface area contributed by atoms with Crippen molar-refractivity contribution >= 4 is 17.4 Å². The number of carbonyl (C=O) groups is 1. The van der Waals surface area contributed by atoms with Gasteiger partial charge in [-0.3, -0.25) is 9.48 Å². The maximum atomic E-state index is 13.8. The maximum Gasteiger partial charge on any atom is 0.189 e. The number of nitrogens with zero attached hydrogens (tertiary/aromatic N) is 2. The normalized spacial score (nSPS) is 11.0. The van der Waals surface area contributed by atoms with Crippen LogP contribution in [0.5, 0.6) is 5.75 Å². The molecule has 1 aromatic carbocycles. The molecule has 0 N–H and O–H groups in total. The first-order valence-corrected chi connectivity index (χ1v) is 6.91. The van der Waals surface area contributed by atoms with E-state index in [0.717, 1.165) is 0 Å². The minimum Gasteiger partial charge on any atom is -0.493 e. The fraction of sp³-hybridized carbons (Fsp3) is 0.333.